The molecular weight excluding hydrogens is 215 g/mol. The summed E-state index contributed by atoms with van der Waals surface area (Å²) in [5.74, 6) is -0.0195. The van der Waals surface area contributed by atoms with E-state index in [-0.39, 0.29) is 5.82 Å². The molecule has 2 aromatic carbocycles. The average molecular weight is 230 g/mol. The molecule has 0 bridgehead atoms. The van der Waals surface area contributed by atoms with E-state index in [0.717, 1.165) is 5.56 Å². The summed E-state index contributed by atoms with van der Waals surface area (Å²) in [6, 6.07) is 12.5. The minimum Gasteiger partial charge on any atom is -0.486 e. The fourth-order valence-electron chi connectivity index (χ4n) is 1.79. The lowest BCUT2D eigenvalue weighted by molar-refractivity contribution is 0.289. The normalized spacial score (nSPS) is 10.3. The van der Waals surface area contributed by atoms with Crippen LogP contribution in [0.15, 0.2) is 42.5 Å². The Hall–Kier alpha value is -1.83. The summed E-state index contributed by atoms with van der Waals surface area (Å²) in [4.78, 5) is 0. The molecule has 0 heterocycles. The highest BCUT2D eigenvalue weighted by Gasteiger charge is 2.05. The molecule has 2 aromatic rings. The summed E-state index contributed by atoms with van der Waals surface area (Å²) >= 11 is 0. The van der Waals surface area contributed by atoms with Crippen molar-refractivity contribution in [3.63, 3.8) is 0 Å². The highest BCUT2D eigenvalue weighted by atomic mass is 19.1. The lowest BCUT2D eigenvalue weighted by Crippen LogP contribution is -2.01. The zero-order valence-corrected chi connectivity index (χ0v) is 10.0. The third-order valence-corrected chi connectivity index (χ3v) is 2.85. The number of benzene rings is 2. The lowest BCUT2D eigenvalue weighted by atomic mass is 10.0. The number of hydrogen-bond donors (Lipinski definition) is 0. The highest BCUT2D eigenvalue weighted by molar-refractivity contribution is 5.33. The second-order valence-corrected chi connectivity index (χ2v) is 4.09. The Labute approximate surface area is 101 Å². The van der Waals surface area contributed by atoms with Crippen LogP contribution in [0.3, 0.4) is 0 Å². The molecule has 1 nitrogen and oxygen atoms in total. The van der Waals surface area contributed by atoms with E-state index in [2.05, 4.69) is 0 Å². The van der Waals surface area contributed by atoms with E-state index >= 15 is 0 Å². The Morgan fingerprint density at radius 2 is 1.59 bits per heavy atom. The number of para-hydroxylation sites is 1. The molecule has 2 rings (SSSR count). The fraction of sp³-hybridized carbons (Fsp3) is 0.200. The maximum absolute atomic E-state index is 13.4. The van der Waals surface area contributed by atoms with E-state index in [1.54, 1.807) is 18.2 Å². The first-order valence-electron chi connectivity index (χ1n) is 5.61. The van der Waals surface area contributed by atoms with Crippen molar-refractivity contribution in [2.45, 2.75) is 20.5 Å². The van der Waals surface area contributed by atoms with Crippen molar-refractivity contribution >= 4 is 0 Å². The Kier molecular flexibility index (Phi) is 3.43. The van der Waals surface area contributed by atoms with Crippen LogP contribution in [0.1, 0.15) is 16.7 Å². The predicted molar refractivity (Wildman–Crippen MR) is 66.6 cm³/mol. The standard InChI is InChI=1S/C15H15FO/c1-11-6-5-7-12(2)13(11)10-17-15-9-4-3-8-14(15)16/h3-9H,10H2,1-2H3. The van der Waals surface area contributed by atoms with Crippen LogP contribution in [0.5, 0.6) is 5.75 Å². The molecule has 0 radical (unpaired) electrons. The van der Waals surface area contributed by atoms with Crippen molar-refractivity contribution in [2.24, 2.45) is 0 Å². The summed E-state index contributed by atoms with van der Waals surface area (Å²) in [6.07, 6.45) is 0. The van der Waals surface area contributed by atoms with Crippen LogP contribution in [0.4, 0.5) is 4.39 Å². The maximum Gasteiger partial charge on any atom is 0.165 e. The Balaban J connectivity index is 2.16. The number of rotatable bonds is 3. The lowest BCUT2D eigenvalue weighted by Gasteiger charge is -2.11. The van der Waals surface area contributed by atoms with Crippen LogP contribution in [-0.4, -0.2) is 0 Å². The first-order chi connectivity index (χ1) is 8.18. The van der Waals surface area contributed by atoms with Gasteiger partial charge in [-0.1, -0.05) is 30.3 Å². The van der Waals surface area contributed by atoms with Crippen molar-refractivity contribution in [3.05, 3.63) is 65.0 Å². The van der Waals surface area contributed by atoms with Gasteiger partial charge in [-0.15, -0.1) is 0 Å². The molecule has 0 N–H and O–H groups in total. The molecule has 0 aliphatic rings. The summed E-state index contributed by atoms with van der Waals surface area (Å²) in [7, 11) is 0. The molecule has 2 heteroatoms. The minimum absolute atomic E-state index is 0.301. The molecule has 0 fully saturated rings. The van der Waals surface area contributed by atoms with E-state index < -0.39 is 0 Å². The molecule has 0 unspecified atom stereocenters. The van der Waals surface area contributed by atoms with E-state index in [0.29, 0.717) is 12.4 Å². The van der Waals surface area contributed by atoms with Gasteiger partial charge >= 0.3 is 0 Å². The van der Waals surface area contributed by atoms with Gasteiger partial charge in [-0.3, -0.25) is 0 Å². The summed E-state index contributed by atoms with van der Waals surface area (Å²) in [6.45, 7) is 4.47. The molecule has 0 aromatic heterocycles. The van der Waals surface area contributed by atoms with E-state index in [4.69, 9.17) is 4.74 Å². The van der Waals surface area contributed by atoms with Crippen molar-refractivity contribution < 1.29 is 9.13 Å². The van der Waals surface area contributed by atoms with Gasteiger partial charge in [-0.05, 0) is 42.7 Å². The molecule has 88 valence electrons. The van der Waals surface area contributed by atoms with E-state index in [9.17, 15) is 4.39 Å². The van der Waals surface area contributed by atoms with Gasteiger partial charge in [0.1, 0.15) is 6.61 Å². The maximum atomic E-state index is 13.4. The topological polar surface area (TPSA) is 9.23 Å². The Morgan fingerprint density at radius 1 is 0.941 bits per heavy atom. The summed E-state index contributed by atoms with van der Waals surface area (Å²) in [5.41, 5.74) is 3.46. The number of ether oxygens (including phenoxy) is 1. The molecule has 17 heavy (non-hydrogen) atoms. The zero-order chi connectivity index (χ0) is 12.3. The van der Waals surface area contributed by atoms with Crippen molar-refractivity contribution in [2.75, 3.05) is 0 Å². The van der Waals surface area contributed by atoms with Gasteiger partial charge < -0.3 is 4.74 Å². The molecule has 0 aliphatic heterocycles. The van der Waals surface area contributed by atoms with Crippen molar-refractivity contribution in [1.29, 1.82) is 0 Å². The predicted octanol–water partition coefficient (Wildman–Crippen LogP) is 4.02. The summed E-state index contributed by atoms with van der Waals surface area (Å²) in [5, 5.41) is 0. The van der Waals surface area contributed by atoms with Gasteiger partial charge in [0.25, 0.3) is 0 Å². The van der Waals surface area contributed by atoms with Gasteiger partial charge in [0.2, 0.25) is 0 Å². The molecule has 0 amide bonds. The van der Waals surface area contributed by atoms with Gasteiger partial charge in [-0.25, -0.2) is 4.39 Å². The molecule has 0 spiro atoms. The zero-order valence-electron chi connectivity index (χ0n) is 10.0. The Morgan fingerprint density at radius 3 is 2.24 bits per heavy atom. The van der Waals surface area contributed by atoms with Crippen LogP contribution in [-0.2, 0) is 6.61 Å². The second-order valence-electron chi connectivity index (χ2n) is 4.09. The van der Waals surface area contributed by atoms with Gasteiger partial charge in [0, 0.05) is 0 Å². The monoisotopic (exact) mass is 230 g/mol. The first-order valence-corrected chi connectivity index (χ1v) is 5.61. The Bertz CT molecular complexity index is 500. The molecule has 0 saturated heterocycles. The summed E-state index contributed by atoms with van der Waals surface area (Å²) < 4.78 is 18.9. The van der Waals surface area contributed by atoms with Crippen LogP contribution in [0.25, 0.3) is 0 Å². The molecule has 0 atom stereocenters. The van der Waals surface area contributed by atoms with Crippen molar-refractivity contribution in [3.8, 4) is 5.75 Å². The average Bonchev–Trinajstić information content (AvgIpc) is 2.30. The van der Waals surface area contributed by atoms with Crippen LogP contribution in [0, 0.1) is 19.7 Å². The van der Waals surface area contributed by atoms with Gasteiger partial charge in [-0.2, -0.15) is 0 Å². The van der Waals surface area contributed by atoms with Gasteiger partial charge in [0.05, 0.1) is 0 Å². The number of hydrogen-bond acceptors (Lipinski definition) is 1. The van der Waals surface area contributed by atoms with E-state index in [1.807, 2.05) is 32.0 Å². The largest absolute Gasteiger partial charge is 0.486 e. The van der Waals surface area contributed by atoms with Gasteiger partial charge in [0.15, 0.2) is 11.6 Å². The second kappa shape index (κ2) is 5.00. The SMILES string of the molecule is Cc1cccc(C)c1COc1ccccc1F. The number of aryl methyl sites for hydroxylation is 2. The van der Waals surface area contributed by atoms with E-state index in [1.165, 1.54) is 17.2 Å². The fourth-order valence-corrected chi connectivity index (χ4v) is 1.79. The smallest absolute Gasteiger partial charge is 0.165 e. The van der Waals surface area contributed by atoms with Crippen LogP contribution < -0.4 is 4.74 Å². The van der Waals surface area contributed by atoms with Crippen LogP contribution in [0.2, 0.25) is 0 Å². The molecule has 0 aliphatic carbocycles. The molecular formula is C15H15FO. The third-order valence-electron chi connectivity index (χ3n) is 2.85. The number of halogens is 1. The quantitative estimate of drug-likeness (QED) is 0.773. The highest BCUT2D eigenvalue weighted by Crippen LogP contribution is 2.20. The first kappa shape index (κ1) is 11.6. The van der Waals surface area contributed by atoms with Crippen LogP contribution >= 0.6 is 0 Å². The van der Waals surface area contributed by atoms with Crippen molar-refractivity contribution in [1.82, 2.24) is 0 Å². The molecule has 0 saturated carbocycles. The minimum atomic E-state index is -0.321. The third kappa shape index (κ3) is 2.64.